The van der Waals surface area contributed by atoms with Crippen molar-refractivity contribution in [2.24, 2.45) is 5.92 Å². The summed E-state index contributed by atoms with van der Waals surface area (Å²) in [6, 6.07) is 10.2. The van der Waals surface area contributed by atoms with E-state index < -0.39 is 36.1 Å². The van der Waals surface area contributed by atoms with Gasteiger partial charge in [-0.25, -0.2) is 4.39 Å². The quantitative estimate of drug-likeness (QED) is 0.406. The first kappa shape index (κ1) is 24.1. The minimum Gasteiger partial charge on any atom is -0.481 e. The minimum atomic E-state index is -1.08. The molecule has 0 radical (unpaired) electrons. The lowest BCUT2D eigenvalue weighted by atomic mass is 10.1. The van der Waals surface area contributed by atoms with Crippen molar-refractivity contribution >= 4 is 11.7 Å². The Hall–Kier alpha value is -3.63. The highest BCUT2D eigenvalue weighted by Gasteiger charge is 2.35. The molecule has 3 aromatic rings. The molecule has 1 amide bonds. The van der Waals surface area contributed by atoms with Gasteiger partial charge in [0.1, 0.15) is 17.7 Å². The second-order valence-corrected chi connectivity index (χ2v) is 9.29. The van der Waals surface area contributed by atoms with Crippen LogP contribution in [0.2, 0.25) is 0 Å². The predicted octanol–water partition coefficient (Wildman–Crippen LogP) is 3.22. The van der Waals surface area contributed by atoms with Crippen LogP contribution in [0.1, 0.15) is 65.3 Å². The summed E-state index contributed by atoms with van der Waals surface area (Å²) >= 11 is 0. The molecule has 10 heteroatoms. The number of Topliss-reactive ketones (excluding diaryl/α,β-unsaturated/α-hetero) is 1. The molecule has 9 nitrogen and oxygen atoms in total. The highest BCUT2D eigenvalue weighted by molar-refractivity contribution is 5.99. The minimum absolute atomic E-state index is 0.131. The third kappa shape index (κ3) is 5.00. The molecule has 1 aromatic heterocycles. The standard InChI is InChI=1S/C26H26FN3O6/c1-13(35-17-7-4-15(5-8-17)22(32)14-2-3-14)26-29-24(30-36-26)16-6-9-18(19(27)12-16)25(34)28-20-10-11-21(31)23(20)33/h4-9,12-14,20-21,23,31,33H,2-3,10-11H2,1H3,(H,28,34)/t13-,20+,21-,23+/m1/s1. The molecule has 2 fully saturated rings. The lowest BCUT2D eigenvalue weighted by Crippen LogP contribution is -2.43. The monoisotopic (exact) mass is 495 g/mol. The molecule has 3 N–H and O–H groups in total. The van der Waals surface area contributed by atoms with E-state index in [9.17, 15) is 24.2 Å². The Morgan fingerprint density at radius 3 is 2.50 bits per heavy atom. The molecule has 2 aliphatic rings. The number of aliphatic hydroxyl groups is 2. The number of nitrogens with zero attached hydrogens (tertiary/aromatic N) is 2. The van der Waals surface area contributed by atoms with Crippen LogP contribution in [-0.2, 0) is 0 Å². The van der Waals surface area contributed by atoms with Gasteiger partial charge in [0.15, 0.2) is 11.9 Å². The molecule has 2 aliphatic carbocycles. The second-order valence-electron chi connectivity index (χ2n) is 9.29. The lowest BCUT2D eigenvalue weighted by Gasteiger charge is -2.18. The van der Waals surface area contributed by atoms with Gasteiger partial charge in [-0.3, -0.25) is 9.59 Å². The Kier molecular flexibility index (Phi) is 6.55. The number of carbonyl (C=O) groups is 2. The van der Waals surface area contributed by atoms with E-state index in [0.29, 0.717) is 29.7 Å². The van der Waals surface area contributed by atoms with Crippen LogP contribution in [-0.4, -0.2) is 50.3 Å². The van der Waals surface area contributed by atoms with Crippen molar-refractivity contribution < 1.29 is 33.5 Å². The van der Waals surface area contributed by atoms with Gasteiger partial charge < -0.3 is 24.8 Å². The molecule has 0 spiro atoms. The SMILES string of the molecule is C[C@@H](Oc1ccc(C(=O)C2CC2)cc1)c1nc(-c2ccc(C(=O)N[C@H]3CC[C@@H](O)[C@H]3O)c(F)c2)no1. The molecule has 0 unspecified atom stereocenters. The zero-order valence-corrected chi connectivity index (χ0v) is 19.6. The maximum Gasteiger partial charge on any atom is 0.267 e. The first-order chi connectivity index (χ1) is 17.3. The van der Waals surface area contributed by atoms with Crippen molar-refractivity contribution in [3.8, 4) is 17.1 Å². The van der Waals surface area contributed by atoms with Gasteiger partial charge in [0.2, 0.25) is 5.82 Å². The molecule has 4 atom stereocenters. The smallest absolute Gasteiger partial charge is 0.267 e. The van der Waals surface area contributed by atoms with Gasteiger partial charge in [-0.15, -0.1) is 0 Å². The van der Waals surface area contributed by atoms with E-state index >= 15 is 0 Å². The maximum atomic E-state index is 14.7. The summed E-state index contributed by atoms with van der Waals surface area (Å²) in [6.45, 7) is 1.73. The number of benzene rings is 2. The molecule has 1 heterocycles. The first-order valence-electron chi connectivity index (χ1n) is 11.9. The zero-order chi connectivity index (χ0) is 25.4. The number of halogens is 1. The molecule has 0 saturated heterocycles. The summed E-state index contributed by atoms with van der Waals surface area (Å²) in [7, 11) is 0. The number of rotatable bonds is 8. The van der Waals surface area contributed by atoms with Crippen LogP contribution in [0.3, 0.4) is 0 Å². The average Bonchev–Trinajstić information content (AvgIpc) is 3.52. The normalized spacial score (nSPS) is 22.3. The number of ether oxygens (including phenoxy) is 1. The number of amides is 1. The van der Waals surface area contributed by atoms with Crippen LogP contribution < -0.4 is 10.1 Å². The number of aromatic nitrogens is 2. The van der Waals surface area contributed by atoms with E-state index in [1.165, 1.54) is 12.1 Å². The van der Waals surface area contributed by atoms with E-state index in [0.717, 1.165) is 18.9 Å². The van der Waals surface area contributed by atoms with Crippen LogP contribution in [0.15, 0.2) is 47.0 Å². The van der Waals surface area contributed by atoms with E-state index in [2.05, 4.69) is 15.5 Å². The van der Waals surface area contributed by atoms with Crippen LogP contribution in [0.25, 0.3) is 11.4 Å². The molecule has 188 valence electrons. The summed E-state index contributed by atoms with van der Waals surface area (Å²) in [6.07, 6.45) is 0.0772. The molecular formula is C26H26FN3O6. The Morgan fingerprint density at radius 2 is 1.86 bits per heavy atom. The van der Waals surface area contributed by atoms with E-state index in [-0.39, 0.29) is 29.0 Å². The summed E-state index contributed by atoms with van der Waals surface area (Å²) in [5.41, 5.74) is 0.774. The predicted molar refractivity (Wildman–Crippen MR) is 125 cm³/mol. The Labute approximate surface area is 206 Å². The maximum absolute atomic E-state index is 14.7. The topological polar surface area (TPSA) is 135 Å². The summed E-state index contributed by atoms with van der Waals surface area (Å²) in [4.78, 5) is 28.9. The van der Waals surface area contributed by atoms with Crippen LogP contribution >= 0.6 is 0 Å². The van der Waals surface area contributed by atoms with Crippen molar-refractivity contribution in [2.45, 2.75) is 57.0 Å². The molecule has 2 saturated carbocycles. The van der Waals surface area contributed by atoms with Gasteiger partial charge >= 0.3 is 0 Å². The van der Waals surface area contributed by atoms with Crippen molar-refractivity contribution in [1.29, 1.82) is 0 Å². The van der Waals surface area contributed by atoms with E-state index in [4.69, 9.17) is 9.26 Å². The number of hydrogen-bond donors (Lipinski definition) is 3. The summed E-state index contributed by atoms with van der Waals surface area (Å²) in [5, 5.41) is 26.0. The van der Waals surface area contributed by atoms with E-state index in [1.807, 2.05) is 0 Å². The van der Waals surface area contributed by atoms with Gasteiger partial charge in [-0.2, -0.15) is 4.98 Å². The number of nitrogens with one attached hydrogen (secondary N) is 1. The van der Waals surface area contributed by atoms with Crippen molar-refractivity contribution in [1.82, 2.24) is 15.5 Å². The largest absolute Gasteiger partial charge is 0.481 e. The zero-order valence-electron chi connectivity index (χ0n) is 19.6. The fraction of sp³-hybridized carbons (Fsp3) is 0.385. The molecule has 36 heavy (non-hydrogen) atoms. The third-order valence-electron chi connectivity index (χ3n) is 6.56. The fourth-order valence-electron chi connectivity index (χ4n) is 4.25. The highest BCUT2D eigenvalue weighted by atomic mass is 19.1. The highest BCUT2D eigenvalue weighted by Crippen LogP contribution is 2.33. The van der Waals surface area contributed by atoms with Crippen molar-refractivity contribution in [2.75, 3.05) is 0 Å². The third-order valence-corrected chi connectivity index (χ3v) is 6.56. The molecular weight excluding hydrogens is 469 g/mol. The number of hydrogen-bond acceptors (Lipinski definition) is 8. The lowest BCUT2D eigenvalue weighted by molar-refractivity contribution is 0.0296. The van der Waals surface area contributed by atoms with Crippen LogP contribution in [0.5, 0.6) is 5.75 Å². The van der Waals surface area contributed by atoms with Gasteiger partial charge in [-0.1, -0.05) is 11.2 Å². The molecule has 5 rings (SSSR count). The Bertz CT molecular complexity index is 1270. The van der Waals surface area contributed by atoms with Gasteiger partial charge in [0.05, 0.1) is 17.7 Å². The summed E-state index contributed by atoms with van der Waals surface area (Å²) in [5.74, 6) is -0.315. The first-order valence-corrected chi connectivity index (χ1v) is 11.9. The van der Waals surface area contributed by atoms with Gasteiger partial charge in [-0.05, 0) is 69.0 Å². The molecule has 2 aromatic carbocycles. The average molecular weight is 496 g/mol. The van der Waals surface area contributed by atoms with Gasteiger partial charge in [0, 0.05) is 17.0 Å². The Balaban J connectivity index is 1.23. The van der Waals surface area contributed by atoms with Crippen molar-refractivity contribution in [3.63, 3.8) is 0 Å². The van der Waals surface area contributed by atoms with Crippen molar-refractivity contribution in [3.05, 3.63) is 65.3 Å². The van der Waals surface area contributed by atoms with E-state index in [1.54, 1.807) is 31.2 Å². The second kappa shape index (κ2) is 9.79. The fourth-order valence-corrected chi connectivity index (χ4v) is 4.25. The van der Waals surface area contributed by atoms with Crippen LogP contribution in [0.4, 0.5) is 4.39 Å². The van der Waals surface area contributed by atoms with Crippen LogP contribution in [0, 0.1) is 11.7 Å². The molecule has 0 bridgehead atoms. The molecule has 0 aliphatic heterocycles. The number of ketones is 1. The number of carbonyl (C=O) groups excluding carboxylic acids is 2. The van der Waals surface area contributed by atoms with Gasteiger partial charge in [0.25, 0.3) is 11.8 Å². The Morgan fingerprint density at radius 1 is 1.11 bits per heavy atom. The number of aliphatic hydroxyl groups excluding tert-OH is 2. The summed E-state index contributed by atoms with van der Waals surface area (Å²) < 4.78 is 25.9.